The summed E-state index contributed by atoms with van der Waals surface area (Å²) in [6.45, 7) is 6.43. The average molecular weight is 905 g/mol. The Morgan fingerprint density at radius 2 is 0.631 bits per heavy atom. The Kier molecular flexibility index (Phi) is 50.4. The second-order valence-electron chi connectivity index (χ2n) is 17.7. The van der Waals surface area contributed by atoms with Crippen LogP contribution in [0.3, 0.4) is 0 Å². The highest BCUT2D eigenvalue weighted by atomic mass is 16.6. The van der Waals surface area contributed by atoms with Crippen LogP contribution in [0.5, 0.6) is 0 Å². The van der Waals surface area contributed by atoms with Crippen molar-refractivity contribution in [1.29, 1.82) is 0 Å². The summed E-state index contributed by atoms with van der Waals surface area (Å²) in [6, 6.07) is 0. The van der Waals surface area contributed by atoms with Crippen molar-refractivity contribution in [3.8, 4) is 0 Å². The molecule has 0 saturated carbocycles. The Balaban J connectivity index is 4.42. The summed E-state index contributed by atoms with van der Waals surface area (Å²) in [6.07, 6.45) is 68.5. The predicted molar refractivity (Wildman–Crippen MR) is 279 cm³/mol. The monoisotopic (exact) mass is 905 g/mol. The van der Waals surface area contributed by atoms with Gasteiger partial charge in [-0.1, -0.05) is 209 Å². The lowest BCUT2D eigenvalue weighted by Gasteiger charge is -2.18. The lowest BCUT2D eigenvalue weighted by atomic mass is 10.1. The fraction of sp³-hybridized carbons (Fsp3) is 0.712. The molecule has 6 nitrogen and oxygen atoms in total. The Hall–Kier alpha value is -3.41. The maximum atomic E-state index is 12.8. The first kappa shape index (κ1) is 61.6. The zero-order valence-electron chi connectivity index (χ0n) is 42.5. The van der Waals surface area contributed by atoms with Gasteiger partial charge in [0.15, 0.2) is 6.10 Å². The Bertz CT molecular complexity index is 1270. The van der Waals surface area contributed by atoms with Crippen LogP contribution < -0.4 is 0 Å². The lowest BCUT2D eigenvalue weighted by molar-refractivity contribution is -0.167. The van der Waals surface area contributed by atoms with E-state index < -0.39 is 6.10 Å². The summed E-state index contributed by atoms with van der Waals surface area (Å²) >= 11 is 0. The molecule has 0 amide bonds. The largest absolute Gasteiger partial charge is 0.462 e. The van der Waals surface area contributed by atoms with Gasteiger partial charge in [-0.05, 0) is 109 Å². The van der Waals surface area contributed by atoms with Gasteiger partial charge in [-0.25, -0.2) is 0 Å². The molecule has 0 aliphatic heterocycles. The van der Waals surface area contributed by atoms with Crippen LogP contribution in [0, 0.1) is 0 Å². The van der Waals surface area contributed by atoms with E-state index in [4.69, 9.17) is 14.2 Å². The van der Waals surface area contributed by atoms with Crippen LogP contribution in [-0.2, 0) is 28.6 Å². The number of carbonyl (C=O) groups excluding carboxylic acids is 3. The van der Waals surface area contributed by atoms with Crippen molar-refractivity contribution >= 4 is 17.9 Å². The van der Waals surface area contributed by atoms with E-state index in [1.165, 1.54) is 70.6 Å². The smallest absolute Gasteiger partial charge is 0.306 e. The number of hydrogen-bond acceptors (Lipinski definition) is 6. The van der Waals surface area contributed by atoms with Crippen LogP contribution in [0.2, 0.25) is 0 Å². The normalized spacial score (nSPS) is 12.7. The Morgan fingerprint density at radius 1 is 0.323 bits per heavy atom. The highest BCUT2D eigenvalue weighted by Crippen LogP contribution is 2.14. The van der Waals surface area contributed by atoms with Gasteiger partial charge in [0.05, 0.1) is 0 Å². The third-order valence-corrected chi connectivity index (χ3v) is 11.3. The minimum Gasteiger partial charge on any atom is -0.462 e. The summed E-state index contributed by atoms with van der Waals surface area (Å²) in [5.41, 5.74) is 0. The number of allylic oxidation sites excluding steroid dienone is 14. The van der Waals surface area contributed by atoms with Gasteiger partial charge < -0.3 is 14.2 Å². The zero-order chi connectivity index (χ0) is 47.2. The minimum atomic E-state index is -0.793. The summed E-state index contributed by atoms with van der Waals surface area (Å²) in [5, 5.41) is 0. The molecular formula is C59H100O6. The van der Waals surface area contributed by atoms with Gasteiger partial charge in [0.25, 0.3) is 0 Å². The van der Waals surface area contributed by atoms with E-state index in [1.54, 1.807) is 0 Å². The van der Waals surface area contributed by atoms with Crippen molar-refractivity contribution in [3.63, 3.8) is 0 Å². The maximum absolute atomic E-state index is 12.8. The van der Waals surface area contributed by atoms with E-state index in [2.05, 4.69) is 106 Å². The maximum Gasteiger partial charge on any atom is 0.306 e. The van der Waals surface area contributed by atoms with Crippen molar-refractivity contribution in [3.05, 3.63) is 85.1 Å². The minimum absolute atomic E-state index is 0.0922. The quantitative estimate of drug-likeness (QED) is 0.0262. The number of hydrogen-bond donors (Lipinski definition) is 0. The molecule has 65 heavy (non-hydrogen) atoms. The average Bonchev–Trinajstić information content (AvgIpc) is 3.30. The number of carbonyl (C=O) groups is 3. The van der Waals surface area contributed by atoms with Crippen molar-refractivity contribution in [2.24, 2.45) is 0 Å². The van der Waals surface area contributed by atoms with E-state index in [0.717, 1.165) is 141 Å². The first-order valence-electron chi connectivity index (χ1n) is 27.1. The van der Waals surface area contributed by atoms with E-state index in [9.17, 15) is 14.4 Å². The molecule has 0 fully saturated rings. The van der Waals surface area contributed by atoms with Gasteiger partial charge in [0.2, 0.25) is 0 Å². The van der Waals surface area contributed by atoms with Crippen LogP contribution in [0.1, 0.15) is 252 Å². The molecule has 6 heteroatoms. The topological polar surface area (TPSA) is 78.9 Å². The van der Waals surface area contributed by atoms with Gasteiger partial charge in [-0.3, -0.25) is 14.4 Å². The van der Waals surface area contributed by atoms with Crippen LogP contribution in [0.15, 0.2) is 85.1 Å². The van der Waals surface area contributed by atoms with Crippen molar-refractivity contribution in [2.75, 3.05) is 13.2 Å². The van der Waals surface area contributed by atoms with E-state index in [1.807, 2.05) is 0 Å². The summed E-state index contributed by atoms with van der Waals surface area (Å²) in [4.78, 5) is 38.1. The molecular weight excluding hydrogens is 805 g/mol. The van der Waals surface area contributed by atoms with Gasteiger partial charge in [0, 0.05) is 19.3 Å². The second kappa shape index (κ2) is 53.2. The molecule has 0 N–H and O–H groups in total. The van der Waals surface area contributed by atoms with Crippen LogP contribution in [0.4, 0.5) is 0 Å². The molecule has 0 radical (unpaired) electrons. The van der Waals surface area contributed by atoms with Crippen molar-refractivity contribution in [2.45, 2.75) is 258 Å². The van der Waals surface area contributed by atoms with Crippen molar-refractivity contribution in [1.82, 2.24) is 0 Å². The third-order valence-electron chi connectivity index (χ3n) is 11.3. The molecule has 0 aromatic rings. The standard InChI is InChI=1S/C59H100O6/c1-4-7-10-13-16-19-22-25-27-28-29-30-32-34-37-40-43-46-49-52-58(61)64-55-56(54-63-57(60)51-48-45-42-39-36-33-24-21-18-15-12-9-6-3)65-59(62)53-50-47-44-41-38-35-31-26-23-20-17-14-11-8-5-2/h7,10,12,15-16,19,21,24-27,29-31,56H,4-6,8-9,11,13-14,17-18,20,22-23,28,32-55H2,1-3H3/b10-7-,15-12-,19-16-,24-21-,27-25-,30-29-,31-26-. The molecule has 372 valence electrons. The molecule has 0 aromatic carbocycles. The van der Waals surface area contributed by atoms with Crippen molar-refractivity contribution < 1.29 is 28.6 Å². The molecule has 0 bridgehead atoms. The fourth-order valence-corrected chi connectivity index (χ4v) is 7.29. The van der Waals surface area contributed by atoms with E-state index >= 15 is 0 Å². The lowest BCUT2D eigenvalue weighted by Crippen LogP contribution is -2.30. The Labute approximate surface area is 401 Å². The van der Waals surface area contributed by atoms with Crippen LogP contribution in [-0.4, -0.2) is 37.2 Å². The molecule has 0 aromatic heterocycles. The van der Waals surface area contributed by atoms with Gasteiger partial charge in [-0.2, -0.15) is 0 Å². The van der Waals surface area contributed by atoms with E-state index in [-0.39, 0.29) is 31.1 Å². The second-order valence-corrected chi connectivity index (χ2v) is 17.7. The number of ether oxygens (including phenoxy) is 3. The number of esters is 3. The number of unbranched alkanes of at least 4 members (excludes halogenated alkanes) is 23. The van der Waals surface area contributed by atoms with Gasteiger partial charge in [-0.15, -0.1) is 0 Å². The van der Waals surface area contributed by atoms with E-state index in [0.29, 0.717) is 19.3 Å². The summed E-state index contributed by atoms with van der Waals surface area (Å²) < 4.78 is 16.8. The number of rotatable bonds is 48. The molecule has 0 aliphatic carbocycles. The first-order valence-corrected chi connectivity index (χ1v) is 27.1. The molecule has 0 aliphatic rings. The SMILES string of the molecule is CC/C=C\C/C=C\C/C=C\C/C=C\CCCCCCCCC(=O)OCC(COC(=O)CCCCCCC/C=C\C/C=C\CCC)OC(=O)CCCCCCC/C=C\CCCCCCCC. The van der Waals surface area contributed by atoms with Crippen LogP contribution >= 0.6 is 0 Å². The van der Waals surface area contributed by atoms with Crippen LogP contribution in [0.25, 0.3) is 0 Å². The molecule has 0 rings (SSSR count). The van der Waals surface area contributed by atoms with Gasteiger partial charge in [0.1, 0.15) is 13.2 Å². The fourth-order valence-electron chi connectivity index (χ4n) is 7.29. The molecule has 1 atom stereocenters. The zero-order valence-corrected chi connectivity index (χ0v) is 42.5. The summed E-state index contributed by atoms with van der Waals surface area (Å²) in [7, 11) is 0. The highest BCUT2D eigenvalue weighted by Gasteiger charge is 2.19. The first-order chi connectivity index (χ1) is 32.0. The molecule has 1 unspecified atom stereocenters. The summed E-state index contributed by atoms with van der Waals surface area (Å²) in [5.74, 6) is -0.926. The van der Waals surface area contributed by atoms with Gasteiger partial charge >= 0.3 is 17.9 Å². The molecule has 0 saturated heterocycles. The predicted octanol–water partition coefficient (Wildman–Crippen LogP) is 18.0. The molecule has 0 heterocycles. The third kappa shape index (κ3) is 51.4. The highest BCUT2D eigenvalue weighted by molar-refractivity contribution is 5.71. The Morgan fingerprint density at radius 3 is 1.02 bits per heavy atom. The molecule has 0 spiro atoms.